The van der Waals surface area contributed by atoms with Gasteiger partial charge in [0.1, 0.15) is 5.75 Å². The van der Waals surface area contributed by atoms with Crippen LogP contribution in [0, 0.1) is 0 Å². The number of anilines is 1. The third kappa shape index (κ3) is 2.77. The Hall–Kier alpha value is -2.83. The van der Waals surface area contributed by atoms with Crippen LogP contribution in [-0.4, -0.2) is 30.2 Å². The van der Waals surface area contributed by atoms with E-state index in [-0.39, 0.29) is 23.0 Å². The van der Waals surface area contributed by atoms with Gasteiger partial charge in [-0.15, -0.1) is 0 Å². The van der Waals surface area contributed by atoms with Crippen LogP contribution in [0.5, 0.6) is 17.2 Å². The van der Waals surface area contributed by atoms with Crippen molar-refractivity contribution in [1.29, 1.82) is 0 Å². The number of carbonyl (C=O) groups excluding carboxylic acids is 1. The fraction of sp³-hybridized carbons (Fsp3) is 0.154. The predicted octanol–water partition coefficient (Wildman–Crippen LogP) is 1.30. The largest absolute Gasteiger partial charge is 0.497 e. The van der Waals surface area contributed by atoms with Gasteiger partial charge in [0.25, 0.3) is 0 Å². The summed E-state index contributed by atoms with van der Waals surface area (Å²) < 4.78 is 15.4. The fourth-order valence-corrected chi connectivity index (χ4v) is 1.52. The van der Waals surface area contributed by atoms with E-state index in [1.54, 1.807) is 12.1 Å². The zero-order valence-corrected chi connectivity index (χ0v) is 11.0. The van der Waals surface area contributed by atoms with Crippen LogP contribution in [0.25, 0.3) is 0 Å². The number of rotatable bonds is 4. The molecule has 1 aromatic carbocycles. The van der Waals surface area contributed by atoms with Gasteiger partial charge in [-0.2, -0.15) is 0 Å². The maximum atomic E-state index is 11.9. The van der Waals surface area contributed by atoms with Crippen molar-refractivity contribution < 1.29 is 19.0 Å². The Kier molecular flexibility index (Phi) is 3.99. The summed E-state index contributed by atoms with van der Waals surface area (Å²) >= 11 is 0. The van der Waals surface area contributed by atoms with Gasteiger partial charge in [-0.05, 0) is 6.07 Å². The molecule has 0 spiro atoms. The van der Waals surface area contributed by atoms with Crippen molar-refractivity contribution in [3.63, 3.8) is 0 Å². The summed E-state index contributed by atoms with van der Waals surface area (Å²) in [5.74, 6) is 0.0949. The molecule has 0 aliphatic heterocycles. The summed E-state index contributed by atoms with van der Waals surface area (Å²) in [6.07, 6.45) is 2.89. The standard InChI is InChI=1S/C13H13N3O4/c1-18-8-6-9(14)11(10(7-8)19-2)20-13(17)12-15-4-3-5-16-12/h3-7H,14H2,1-2H3. The number of ether oxygens (including phenoxy) is 3. The molecule has 0 saturated carbocycles. The molecule has 104 valence electrons. The molecule has 1 aromatic heterocycles. The topological polar surface area (TPSA) is 96.6 Å². The van der Waals surface area contributed by atoms with E-state index in [0.29, 0.717) is 5.75 Å². The van der Waals surface area contributed by atoms with E-state index in [2.05, 4.69) is 9.97 Å². The number of aromatic nitrogens is 2. The Morgan fingerprint density at radius 3 is 2.45 bits per heavy atom. The summed E-state index contributed by atoms with van der Waals surface area (Å²) in [6, 6.07) is 4.68. The number of benzene rings is 1. The Balaban J connectivity index is 2.31. The predicted molar refractivity (Wildman–Crippen MR) is 70.9 cm³/mol. The van der Waals surface area contributed by atoms with E-state index in [1.165, 1.54) is 32.7 Å². The Labute approximate surface area is 115 Å². The van der Waals surface area contributed by atoms with Crippen LogP contribution < -0.4 is 19.9 Å². The lowest BCUT2D eigenvalue weighted by Gasteiger charge is -2.12. The van der Waals surface area contributed by atoms with Crippen molar-refractivity contribution >= 4 is 11.7 Å². The molecule has 0 aliphatic rings. The van der Waals surface area contributed by atoms with Gasteiger partial charge in [0.15, 0.2) is 11.5 Å². The second kappa shape index (κ2) is 5.87. The highest BCUT2D eigenvalue weighted by atomic mass is 16.6. The summed E-state index contributed by atoms with van der Waals surface area (Å²) in [7, 11) is 2.93. The van der Waals surface area contributed by atoms with Crippen molar-refractivity contribution in [3.8, 4) is 17.2 Å². The maximum Gasteiger partial charge on any atom is 0.381 e. The number of esters is 1. The van der Waals surface area contributed by atoms with Crippen molar-refractivity contribution in [2.75, 3.05) is 20.0 Å². The van der Waals surface area contributed by atoms with Crippen LogP contribution >= 0.6 is 0 Å². The van der Waals surface area contributed by atoms with Crippen LogP contribution in [-0.2, 0) is 0 Å². The van der Waals surface area contributed by atoms with Crippen molar-refractivity contribution in [2.24, 2.45) is 0 Å². The maximum absolute atomic E-state index is 11.9. The molecule has 2 N–H and O–H groups in total. The molecular weight excluding hydrogens is 262 g/mol. The zero-order chi connectivity index (χ0) is 14.5. The number of hydrogen-bond donors (Lipinski definition) is 1. The monoisotopic (exact) mass is 275 g/mol. The minimum absolute atomic E-state index is 0.0650. The molecule has 0 amide bonds. The molecule has 0 aliphatic carbocycles. The first-order valence-electron chi connectivity index (χ1n) is 5.66. The van der Waals surface area contributed by atoms with E-state index >= 15 is 0 Å². The Bertz CT molecular complexity index is 617. The summed E-state index contributed by atoms with van der Waals surface area (Å²) in [5.41, 5.74) is 6.04. The van der Waals surface area contributed by atoms with Crippen molar-refractivity contribution in [2.45, 2.75) is 0 Å². The molecule has 7 nitrogen and oxygen atoms in total. The van der Waals surface area contributed by atoms with Crippen LogP contribution in [0.1, 0.15) is 10.6 Å². The van der Waals surface area contributed by atoms with Crippen LogP contribution in [0.4, 0.5) is 5.69 Å². The smallest absolute Gasteiger partial charge is 0.381 e. The molecule has 0 saturated heterocycles. The molecule has 0 atom stereocenters. The highest BCUT2D eigenvalue weighted by Gasteiger charge is 2.18. The summed E-state index contributed by atoms with van der Waals surface area (Å²) in [6.45, 7) is 0. The minimum Gasteiger partial charge on any atom is -0.497 e. The molecular formula is C13H13N3O4. The van der Waals surface area contributed by atoms with Gasteiger partial charge in [-0.1, -0.05) is 0 Å². The average molecular weight is 275 g/mol. The van der Waals surface area contributed by atoms with Crippen molar-refractivity contribution in [1.82, 2.24) is 9.97 Å². The van der Waals surface area contributed by atoms with Crippen LogP contribution in [0.2, 0.25) is 0 Å². The lowest BCUT2D eigenvalue weighted by Crippen LogP contribution is -2.14. The quantitative estimate of drug-likeness (QED) is 0.510. The lowest BCUT2D eigenvalue weighted by molar-refractivity contribution is 0.0717. The molecule has 0 fully saturated rings. The molecule has 2 rings (SSSR count). The molecule has 20 heavy (non-hydrogen) atoms. The second-order valence-electron chi connectivity index (χ2n) is 3.71. The van der Waals surface area contributed by atoms with Gasteiger partial charge >= 0.3 is 5.97 Å². The van der Waals surface area contributed by atoms with Gasteiger partial charge in [0.05, 0.1) is 19.9 Å². The Morgan fingerprint density at radius 1 is 1.15 bits per heavy atom. The molecule has 0 unspecified atom stereocenters. The molecule has 0 radical (unpaired) electrons. The first kappa shape index (κ1) is 13.6. The molecule has 0 bridgehead atoms. The highest BCUT2D eigenvalue weighted by molar-refractivity contribution is 5.88. The van der Waals surface area contributed by atoms with Gasteiger partial charge in [0, 0.05) is 24.5 Å². The third-order valence-electron chi connectivity index (χ3n) is 2.46. The number of methoxy groups -OCH3 is 2. The molecule has 2 aromatic rings. The number of nitrogens with two attached hydrogens (primary N) is 1. The number of hydrogen-bond acceptors (Lipinski definition) is 7. The number of carbonyl (C=O) groups is 1. The van der Waals surface area contributed by atoms with Crippen LogP contribution in [0.15, 0.2) is 30.6 Å². The average Bonchev–Trinajstić information content (AvgIpc) is 2.49. The van der Waals surface area contributed by atoms with Gasteiger partial charge in [-0.25, -0.2) is 14.8 Å². The molecule has 7 heteroatoms. The fourth-order valence-electron chi connectivity index (χ4n) is 1.52. The van der Waals surface area contributed by atoms with E-state index in [1.807, 2.05) is 0 Å². The van der Waals surface area contributed by atoms with Gasteiger partial charge < -0.3 is 19.9 Å². The summed E-state index contributed by atoms with van der Waals surface area (Å²) in [5, 5.41) is 0. The SMILES string of the molecule is COc1cc(N)c(OC(=O)c2ncccn2)c(OC)c1. The first-order valence-corrected chi connectivity index (χ1v) is 5.66. The molecule has 1 heterocycles. The van der Waals surface area contributed by atoms with E-state index in [0.717, 1.165) is 0 Å². The van der Waals surface area contributed by atoms with E-state index < -0.39 is 5.97 Å². The highest BCUT2D eigenvalue weighted by Crippen LogP contribution is 2.37. The van der Waals surface area contributed by atoms with Gasteiger partial charge in [-0.3, -0.25) is 0 Å². The third-order valence-corrected chi connectivity index (χ3v) is 2.46. The van der Waals surface area contributed by atoms with Gasteiger partial charge in [0.2, 0.25) is 5.82 Å². The second-order valence-corrected chi connectivity index (χ2v) is 3.71. The first-order chi connectivity index (χ1) is 9.65. The van der Waals surface area contributed by atoms with Crippen molar-refractivity contribution in [3.05, 3.63) is 36.4 Å². The zero-order valence-electron chi connectivity index (χ0n) is 11.0. The lowest BCUT2D eigenvalue weighted by atomic mass is 10.2. The normalized spacial score (nSPS) is 9.90. The van der Waals surface area contributed by atoms with Crippen LogP contribution in [0.3, 0.4) is 0 Å². The number of nitrogens with zero attached hydrogens (tertiary/aromatic N) is 2. The van der Waals surface area contributed by atoms with E-state index in [9.17, 15) is 4.79 Å². The van der Waals surface area contributed by atoms with E-state index in [4.69, 9.17) is 19.9 Å². The summed E-state index contributed by atoms with van der Waals surface area (Å²) in [4.78, 5) is 19.5. The number of nitrogen functional groups attached to an aromatic ring is 1. The Morgan fingerprint density at radius 2 is 1.85 bits per heavy atom. The minimum atomic E-state index is -0.722.